The summed E-state index contributed by atoms with van der Waals surface area (Å²) in [5, 5.41) is 21.4. The van der Waals surface area contributed by atoms with E-state index in [1.807, 2.05) is 6.08 Å². The molecule has 4 rings (SSSR count). The number of aliphatic hydroxyl groups is 2. The smallest absolute Gasteiger partial charge is 0.0759 e. The molecule has 10 atom stereocenters. The molecule has 3 saturated carbocycles. The quantitative estimate of drug-likeness (QED) is 0.451. The van der Waals surface area contributed by atoms with Crippen molar-refractivity contribution in [2.24, 2.45) is 46.3 Å². The van der Waals surface area contributed by atoms with Crippen molar-refractivity contribution in [3.8, 4) is 0 Å². The summed E-state index contributed by atoms with van der Waals surface area (Å²) in [4.78, 5) is 0. The number of allylic oxidation sites excluding steroid dienone is 1. The molecule has 0 unspecified atom stereocenters. The lowest BCUT2D eigenvalue weighted by molar-refractivity contribution is -0.0874. The van der Waals surface area contributed by atoms with E-state index in [1.165, 1.54) is 56.1 Å². The zero-order valence-electron chi connectivity index (χ0n) is 20.9. The van der Waals surface area contributed by atoms with E-state index in [4.69, 9.17) is 0 Å². The van der Waals surface area contributed by atoms with Gasteiger partial charge in [0.15, 0.2) is 0 Å². The first-order valence-corrected chi connectivity index (χ1v) is 13.4. The van der Waals surface area contributed by atoms with Gasteiger partial charge in [-0.15, -0.1) is 0 Å². The summed E-state index contributed by atoms with van der Waals surface area (Å²) in [5.41, 5.74) is 3.07. The summed E-state index contributed by atoms with van der Waals surface area (Å²) in [5.74, 6) is 4.41. The van der Waals surface area contributed by atoms with Gasteiger partial charge in [0, 0.05) is 0 Å². The molecule has 31 heavy (non-hydrogen) atoms. The summed E-state index contributed by atoms with van der Waals surface area (Å²) in [7, 11) is 0. The second kappa shape index (κ2) is 8.64. The van der Waals surface area contributed by atoms with Crippen molar-refractivity contribution in [3.63, 3.8) is 0 Å². The molecule has 4 aliphatic carbocycles. The number of hydrogen-bond acceptors (Lipinski definition) is 2. The molecule has 0 aromatic rings. The summed E-state index contributed by atoms with van der Waals surface area (Å²) >= 11 is 0. The molecule has 0 heterocycles. The van der Waals surface area contributed by atoms with Crippen LogP contribution in [0.5, 0.6) is 0 Å². The number of aliphatic hydroxyl groups excluding tert-OH is 2. The van der Waals surface area contributed by atoms with Gasteiger partial charge in [-0.05, 0) is 123 Å². The molecule has 0 aromatic carbocycles. The molecule has 2 heteroatoms. The van der Waals surface area contributed by atoms with Crippen molar-refractivity contribution >= 4 is 0 Å². The Labute approximate surface area is 191 Å². The summed E-state index contributed by atoms with van der Waals surface area (Å²) in [6, 6.07) is 0. The Morgan fingerprint density at radius 3 is 2.52 bits per heavy atom. The average Bonchev–Trinajstić information content (AvgIpc) is 3.07. The molecular weight excluding hydrogens is 380 g/mol. The zero-order chi connectivity index (χ0) is 22.6. The van der Waals surface area contributed by atoms with E-state index in [-0.39, 0.29) is 17.6 Å². The predicted octanol–water partition coefficient (Wildman–Crippen LogP) is 6.92. The zero-order valence-corrected chi connectivity index (χ0v) is 20.9. The molecule has 0 aliphatic heterocycles. The Morgan fingerprint density at radius 2 is 1.84 bits per heavy atom. The van der Waals surface area contributed by atoms with Crippen LogP contribution in [0.2, 0.25) is 0 Å². The highest BCUT2D eigenvalue weighted by atomic mass is 16.3. The van der Waals surface area contributed by atoms with Crippen molar-refractivity contribution < 1.29 is 10.2 Å². The Balaban J connectivity index is 1.51. The lowest BCUT2D eigenvalue weighted by atomic mass is 9.46. The lowest BCUT2D eigenvalue weighted by Crippen LogP contribution is -2.54. The maximum Gasteiger partial charge on any atom is 0.0759 e. The highest BCUT2D eigenvalue weighted by molar-refractivity contribution is 5.29. The van der Waals surface area contributed by atoms with Crippen LogP contribution < -0.4 is 0 Å². The first-order valence-electron chi connectivity index (χ1n) is 13.4. The van der Waals surface area contributed by atoms with Gasteiger partial charge in [-0.1, -0.05) is 45.9 Å². The van der Waals surface area contributed by atoms with Crippen molar-refractivity contribution in [1.29, 1.82) is 0 Å². The number of fused-ring (bicyclic) bond motifs is 5. The van der Waals surface area contributed by atoms with Gasteiger partial charge >= 0.3 is 0 Å². The second-order valence-electron chi connectivity index (χ2n) is 12.5. The molecule has 0 radical (unpaired) electrons. The summed E-state index contributed by atoms with van der Waals surface area (Å²) in [6.45, 7) is 16.3. The van der Waals surface area contributed by atoms with Crippen molar-refractivity contribution in [2.75, 3.05) is 0 Å². The Kier molecular flexibility index (Phi) is 6.56. The molecule has 2 N–H and O–H groups in total. The SMILES string of the molecule is C=C(C)[C@@H](CC)CC[C@@H](C)[C@H]1CC[C@@H]2[C@@H]3C[C@@H](O)C4=C[C@@H](O)CC[C@]4(C)[C@H]3CC[C@@]21C. The van der Waals surface area contributed by atoms with Crippen LogP contribution in [0.15, 0.2) is 23.8 Å². The van der Waals surface area contributed by atoms with Crippen LogP contribution in [0.1, 0.15) is 98.8 Å². The van der Waals surface area contributed by atoms with Crippen LogP contribution >= 0.6 is 0 Å². The minimum Gasteiger partial charge on any atom is -0.389 e. The largest absolute Gasteiger partial charge is 0.389 e. The number of rotatable bonds is 6. The van der Waals surface area contributed by atoms with E-state index in [0.29, 0.717) is 23.2 Å². The van der Waals surface area contributed by atoms with Crippen LogP contribution in [-0.2, 0) is 0 Å². The van der Waals surface area contributed by atoms with E-state index in [2.05, 4.69) is 41.2 Å². The average molecular weight is 429 g/mol. The van der Waals surface area contributed by atoms with Crippen molar-refractivity contribution in [1.82, 2.24) is 0 Å². The number of hydrogen-bond donors (Lipinski definition) is 2. The van der Waals surface area contributed by atoms with Crippen molar-refractivity contribution in [3.05, 3.63) is 23.8 Å². The van der Waals surface area contributed by atoms with Crippen LogP contribution in [0.3, 0.4) is 0 Å². The molecule has 0 aromatic heterocycles. The third-order valence-corrected chi connectivity index (χ3v) is 11.0. The molecule has 176 valence electrons. The van der Waals surface area contributed by atoms with Gasteiger partial charge in [0.05, 0.1) is 12.2 Å². The molecular formula is C29H48O2. The highest BCUT2D eigenvalue weighted by Crippen LogP contribution is 2.67. The van der Waals surface area contributed by atoms with Crippen LogP contribution in [0, 0.1) is 46.3 Å². The maximum atomic E-state index is 11.1. The van der Waals surface area contributed by atoms with E-state index >= 15 is 0 Å². The normalized spacial score (nSPS) is 46.4. The van der Waals surface area contributed by atoms with Gasteiger partial charge in [0.1, 0.15) is 0 Å². The summed E-state index contributed by atoms with van der Waals surface area (Å²) in [6.07, 6.45) is 13.4. The minimum atomic E-state index is -0.356. The van der Waals surface area contributed by atoms with E-state index < -0.39 is 0 Å². The topological polar surface area (TPSA) is 40.5 Å². The monoisotopic (exact) mass is 428 g/mol. The van der Waals surface area contributed by atoms with Gasteiger partial charge in [0.2, 0.25) is 0 Å². The fraction of sp³-hybridized carbons (Fsp3) is 0.862. The van der Waals surface area contributed by atoms with Gasteiger partial charge in [-0.25, -0.2) is 0 Å². The van der Waals surface area contributed by atoms with Crippen LogP contribution in [0.4, 0.5) is 0 Å². The van der Waals surface area contributed by atoms with Crippen LogP contribution in [-0.4, -0.2) is 22.4 Å². The molecule has 0 spiro atoms. The Hall–Kier alpha value is -0.600. The fourth-order valence-corrected chi connectivity index (χ4v) is 9.20. The Morgan fingerprint density at radius 1 is 1.10 bits per heavy atom. The maximum absolute atomic E-state index is 11.1. The van der Waals surface area contributed by atoms with E-state index in [1.54, 1.807) is 0 Å². The predicted molar refractivity (Wildman–Crippen MR) is 130 cm³/mol. The van der Waals surface area contributed by atoms with Gasteiger partial charge < -0.3 is 10.2 Å². The van der Waals surface area contributed by atoms with E-state index in [9.17, 15) is 10.2 Å². The second-order valence-corrected chi connectivity index (χ2v) is 12.5. The minimum absolute atomic E-state index is 0.0996. The highest BCUT2D eigenvalue weighted by Gasteiger charge is 2.60. The standard InChI is InChI=1S/C29H48O2/c1-7-20(18(2)3)9-8-19(4)23-10-11-24-22-17-27(31)26-16-21(30)12-14-29(26,6)25(22)13-15-28(23,24)5/h16,19-25,27,30-31H,2,7-15,17H2,1,3-6H3/t19-,20+,21+,22+,23-,24-,25+,27-,28-,29-/m1/s1. The van der Waals surface area contributed by atoms with E-state index in [0.717, 1.165) is 37.0 Å². The van der Waals surface area contributed by atoms with Gasteiger partial charge in [-0.2, -0.15) is 0 Å². The van der Waals surface area contributed by atoms with Crippen LogP contribution in [0.25, 0.3) is 0 Å². The third kappa shape index (κ3) is 3.88. The third-order valence-electron chi connectivity index (χ3n) is 11.0. The molecule has 0 bridgehead atoms. The lowest BCUT2D eigenvalue weighted by Gasteiger charge is -2.60. The molecule has 0 amide bonds. The molecule has 3 fully saturated rings. The first-order chi connectivity index (χ1) is 14.6. The molecule has 4 aliphatic rings. The first kappa shape index (κ1) is 23.6. The molecule has 0 saturated heterocycles. The molecule has 2 nitrogen and oxygen atoms in total. The van der Waals surface area contributed by atoms with Gasteiger partial charge in [0.25, 0.3) is 0 Å². The van der Waals surface area contributed by atoms with Crippen molar-refractivity contribution in [2.45, 2.75) is 111 Å². The Bertz CT molecular complexity index is 710. The fourth-order valence-electron chi connectivity index (χ4n) is 9.20. The summed E-state index contributed by atoms with van der Waals surface area (Å²) < 4.78 is 0. The van der Waals surface area contributed by atoms with Gasteiger partial charge in [-0.3, -0.25) is 0 Å².